The van der Waals surface area contributed by atoms with Gasteiger partial charge in [0.05, 0.1) is 0 Å². The van der Waals surface area contributed by atoms with E-state index >= 15 is 0 Å². The summed E-state index contributed by atoms with van der Waals surface area (Å²) < 4.78 is 5.52. The summed E-state index contributed by atoms with van der Waals surface area (Å²) in [6.07, 6.45) is 1.62. The number of ether oxygens (including phenoxy) is 1. The number of rotatable bonds is 1. The smallest absolute Gasteiger partial charge is 0.256 e. The van der Waals surface area contributed by atoms with E-state index in [1.165, 1.54) is 5.56 Å². The van der Waals surface area contributed by atoms with Crippen LogP contribution < -0.4 is 4.90 Å². The van der Waals surface area contributed by atoms with Crippen molar-refractivity contribution in [3.05, 3.63) is 29.8 Å². The molecule has 1 aromatic carbocycles. The Morgan fingerprint density at radius 3 is 2.89 bits per heavy atom. The van der Waals surface area contributed by atoms with Gasteiger partial charge < -0.3 is 9.64 Å². The summed E-state index contributed by atoms with van der Waals surface area (Å²) in [6.45, 7) is 5.85. The molecule has 1 aromatic rings. The molecular formula is C15H19NO2. The van der Waals surface area contributed by atoms with Crippen LogP contribution in [0.15, 0.2) is 24.3 Å². The van der Waals surface area contributed by atoms with Crippen LogP contribution in [0.5, 0.6) is 0 Å². The molecule has 3 rings (SSSR count). The minimum atomic E-state index is -0.230. The number of carbonyl (C=O) groups excluding carboxylic acids is 1. The van der Waals surface area contributed by atoms with Crippen LogP contribution >= 0.6 is 0 Å². The molecule has 0 aliphatic carbocycles. The van der Waals surface area contributed by atoms with E-state index in [4.69, 9.17) is 4.74 Å². The molecule has 1 atom stereocenters. The predicted molar refractivity (Wildman–Crippen MR) is 70.8 cm³/mol. The minimum Gasteiger partial charge on any atom is -0.368 e. The van der Waals surface area contributed by atoms with Crippen LogP contribution in [-0.2, 0) is 14.9 Å². The van der Waals surface area contributed by atoms with Crippen LogP contribution in [0.3, 0.4) is 0 Å². The zero-order valence-corrected chi connectivity index (χ0v) is 11.0. The zero-order valence-electron chi connectivity index (χ0n) is 11.0. The molecule has 3 nitrogen and oxygen atoms in total. The number of anilines is 1. The van der Waals surface area contributed by atoms with Crippen LogP contribution in [0.2, 0.25) is 0 Å². The Hall–Kier alpha value is -1.35. The molecule has 0 N–H and O–H groups in total. The third-order valence-corrected chi connectivity index (χ3v) is 3.95. The number of fused-ring (bicyclic) bond motifs is 1. The second kappa shape index (κ2) is 4.09. The van der Waals surface area contributed by atoms with Crippen molar-refractivity contribution in [2.24, 2.45) is 0 Å². The standard InChI is InChI=1S/C15H19NO2/c1-15(2)10-16(12-7-4-3-6-11(12)15)14(17)13-8-5-9-18-13/h3-4,6-7,13H,5,8-10H2,1-2H3. The molecule has 1 amide bonds. The van der Waals surface area contributed by atoms with E-state index in [0.29, 0.717) is 0 Å². The lowest BCUT2D eigenvalue weighted by molar-refractivity contribution is -0.127. The van der Waals surface area contributed by atoms with E-state index < -0.39 is 0 Å². The van der Waals surface area contributed by atoms with E-state index in [1.807, 2.05) is 23.1 Å². The van der Waals surface area contributed by atoms with Crippen LogP contribution in [0, 0.1) is 0 Å². The number of hydrogen-bond donors (Lipinski definition) is 0. The quantitative estimate of drug-likeness (QED) is 0.760. The first-order chi connectivity index (χ1) is 8.59. The molecule has 1 fully saturated rings. The average molecular weight is 245 g/mol. The van der Waals surface area contributed by atoms with Gasteiger partial charge in [0.2, 0.25) is 0 Å². The van der Waals surface area contributed by atoms with Crippen molar-refractivity contribution in [3.8, 4) is 0 Å². The highest BCUT2D eigenvalue weighted by Crippen LogP contribution is 2.40. The van der Waals surface area contributed by atoms with E-state index in [9.17, 15) is 4.79 Å². The Labute approximate surface area is 108 Å². The first-order valence-corrected chi connectivity index (χ1v) is 6.62. The molecular weight excluding hydrogens is 226 g/mol. The van der Waals surface area contributed by atoms with Gasteiger partial charge >= 0.3 is 0 Å². The van der Waals surface area contributed by atoms with Crippen molar-refractivity contribution in [2.45, 2.75) is 38.2 Å². The fourth-order valence-corrected chi connectivity index (χ4v) is 2.99. The predicted octanol–water partition coefficient (Wildman–Crippen LogP) is 2.49. The number of nitrogens with zero attached hydrogens (tertiary/aromatic N) is 1. The van der Waals surface area contributed by atoms with E-state index in [1.54, 1.807) is 0 Å². The normalized spacial score (nSPS) is 25.2. The largest absolute Gasteiger partial charge is 0.368 e. The number of hydrogen-bond acceptors (Lipinski definition) is 2. The highest BCUT2D eigenvalue weighted by Gasteiger charge is 2.40. The second-order valence-corrected chi connectivity index (χ2v) is 5.83. The number of carbonyl (C=O) groups is 1. The minimum absolute atomic E-state index is 0.0326. The Balaban J connectivity index is 1.93. The van der Waals surface area contributed by atoms with Crippen LogP contribution in [0.4, 0.5) is 5.69 Å². The van der Waals surface area contributed by atoms with Crippen molar-refractivity contribution in [1.29, 1.82) is 0 Å². The van der Waals surface area contributed by atoms with Gasteiger partial charge in [-0.25, -0.2) is 0 Å². The summed E-state index contributed by atoms with van der Waals surface area (Å²) >= 11 is 0. The molecule has 0 radical (unpaired) electrons. The molecule has 3 heteroatoms. The van der Waals surface area contributed by atoms with Gasteiger partial charge in [-0.3, -0.25) is 4.79 Å². The molecule has 1 unspecified atom stereocenters. The van der Waals surface area contributed by atoms with Crippen molar-refractivity contribution in [2.75, 3.05) is 18.1 Å². The molecule has 0 aromatic heterocycles. The third-order valence-electron chi connectivity index (χ3n) is 3.95. The zero-order chi connectivity index (χ0) is 12.8. The number of benzene rings is 1. The molecule has 0 spiro atoms. The summed E-state index contributed by atoms with van der Waals surface area (Å²) in [4.78, 5) is 14.4. The summed E-state index contributed by atoms with van der Waals surface area (Å²) in [6, 6.07) is 8.20. The van der Waals surface area contributed by atoms with Gasteiger partial charge in [-0.1, -0.05) is 32.0 Å². The van der Waals surface area contributed by atoms with E-state index in [0.717, 1.165) is 31.7 Å². The molecule has 0 bridgehead atoms. The van der Waals surface area contributed by atoms with Gasteiger partial charge in [0, 0.05) is 24.3 Å². The van der Waals surface area contributed by atoms with Crippen molar-refractivity contribution >= 4 is 11.6 Å². The third kappa shape index (κ3) is 1.74. The summed E-state index contributed by atoms with van der Waals surface area (Å²) in [5, 5.41) is 0. The monoisotopic (exact) mass is 245 g/mol. The summed E-state index contributed by atoms with van der Waals surface area (Å²) in [7, 11) is 0. The number of para-hydroxylation sites is 1. The Kier molecular flexibility index (Phi) is 2.67. The Bertz CT molecular complexity index is 475. The van der Waals surface area contributed by atoms with Gasteiger partial charge in [0.25, 0.3) is 5.91 Å². The summed E-state index contributed by atoms with van der Waals surface area (Å²) in [5.41, 5.74) is 2.35. The maximum absolute atomic E-state index is 12.5. The number of amides is 1. The molecule has 2 aliphatic heterocycles. The molecule has 18 heavy (non-hydrogen) atoms. The molecule has 2 heterocycles. The molecule has 96 valence electrons. The Morgan fingerprint density at radius 2 is 2.17 bits per heavy atom. The highest BCUT2D eigenvalue weighted by atomic mass is 16.5. The van der Waals surface area contributed by atoms with Crippen molar-refractivity contribution < 1.29 is 9.53 Å². The second-order valence-electron chi connectivity index (χ2n) is 5.83. The Morgan fingerprint density at radius 1 is 1.39 bits per heavy atom. The van der Waals surface area contributed by atoms with Crippen molar-refractivity contribution in [1.82, 2.24) is 0 Å². The van der Waals surface area contributed by atoms with E-state index in [-0.39, 0.29) is 17.4 Å². The van der Waals surface area contributed by atoms with Gasteiger partial charge in [0.15, 0.2) is 0 Å². The SMILES string of the molecule is CC1(C)CN(C(=O)C2CCCO2)c2ccccc21. The van der Waals surface area contributed by atoms with Gasteiger partial charge in [-0.2, -0.15) is 0 Å². The lowest BCUT2D eigenvalue weighted by Gasteiger charge is -2.23. The maximum Gasteiger partial charge on any atom is 0.256 e. The highest BCUT2D eigenvalue weighted by molar-refractivity contribution is 5.99. The molecule has 2 aliphatic rings. The van der Waals surface area contributed by atoms with Gasteiger partial charge in [-0.05, 0) is 24.5 Å². The lowest BCUT2D eigenvalue weighted by Crippen LogP contribution is -2.40. The first-order valence-electron chi connectivity index (χ1n) is 6.62. The van der Waals surface area contributed by atoms with Crippen LogP contribution in [0.25, 0.3) is 0 Å². The fraction of sp³-hybridized carbons (Fsp3) is 0.533. The van der Waals surface area contributed by atoms with E-state index in [2.05, 4.69) is 19.9 Å². The summed E-state index contributed by atoms with van der Waals surface area (Å²) in [5.74, 6) is 0.130. The topological polar surface area (TPSA) is 29.5 Å². The van der Waals surface area contributed by atoms with Gasteiger partial charge in [-0.15, -0.1) is 0 Å². The van der Waals surface area contributed by atoms with Gasteiger partial charge in [0.1, 0.15) is 6.10 Å². The molecule has 0 saturated carbocycles. The van der Waals surface area contributed by atoms with Crippen LogP contribution in [-0.4, -0.2) is 25.2 Å². The average Bonchev–Trinajstić information content (AvgIpc) is 2.96. The maximum atomic E-state index is 12.5. The molecule has 1 saturated heterocycles. The first kappa shape index (κ1) is 11.7. The van der Waals surface area contributed by atoms with Crippen molar-refractivity contribution in [3.63, 3.8) is 0 Å². The fourth-order valence-electron chi connectivity index (χ4n) is 2.99. The van der Waals surface area contributed by atoms with Crippen LogP contribution in [0.1, 0.15) is 32.3 Å². The lowest BCUT2D eigenvalue weighted by atomic mass is 9.87.